The fourth-order valence-electron chi connectivity index (χ4n) is 3.83. The van der Waals surface area contributed by atoms with Crippen molar-refractivity contribution < 1.29 is 19.4 Å². The molecule has 176 valence electrons. The van der Waals surface area contributed by atoms with Crippen LogP contribution in [0, 0.1) is 0 Å². The number of nitrogens with one attached hydrogen (secondary N) is 2. The van der Waals surface area contributed by atoms with Gasteiger partial charge in [0, 0.05) is 40.7 Å². The molecule has 3 N–H and O–H groups in total. The molecule has 1 atom stereocenters. The van der Waals surface area contributed by atoms with Gasteiger partial charge >= 0.3 is 5.97 Å². The Balaban J connectivity index is 1.44. The molecule has 4 rings (SSSR count). The van der Waals surface area contributed by atoms with Crippen LogP contribution in [0.5, 0.6) is 11.5 Å². The molecule has 0 spiro atoms. The number of carboxylic acid groups (broad SMARTS) is 1. The Kier molecular flexibility index (Phi) is 7.72. The van der Waals surface area contributed by atoms with Crippen LogP contribution >= 0.6 is 11.6 Å². The SMILES string of the molecule is CCOc1cc(CNC(Cc2c[nH]c3ccccc23)C(=O)O)ccc1OCc1ccccc1Cl. The van der Waals surface area contributed by atoms with Crippen molar-refractivity contribution >= 4 is 28.5 Å². The lowest BCUT2D eigenvalue weighted by Gasteiger charge is -2.17. The van der Waals surface area contributed by atoms with Crippen molar-refractivity contribution in [2.45, 2.75) is 32.5 Å². The summed E-state index contributed by atoms with van der Waals surface area (Å²) in [6.45, 7) is 3.09. The van der Waals surface area contributed by atoms with Gasteiger partial charge < -0.3 is 24.9 Å². The van der Waals surface area contributed by atoms with E-state index in [0.29, 0.717) is 42.7 Å². The number of fused-ring (bicyclic) bond motifs is 1. The number of rotatable bonds is 11. The molecule has 1 aromatic heterocycles. The number of carbonyl (C=O) groups is 1. The zero-order valence-electron chi connectivity index (χ0n) is 18.9. The van der Waals surface area contributed by atoms with Gasteiger partial charge in [-0.05, 0) is 42.3 Å². The number of ether oxygens (including phenoxy) is 2. The van der Waals surface area contributed by atoms with Crippen LogP contribution < -0.4 is 14.8 Å². The van der Waals surface area contributed by atoms with E-state index in [2.05, 4.69) is 10.3 Å². The van der Waals surface area contributed by atoms with Crippen molar-refractivity contribution in [3.63, 3.8) is 0 Å². The molecule has 7 heteroatoms. The summed E-state index contributed by atoms with van der Waals surface area (Å²) in [5.41, 5.74) is 3.75. The molecule has 0 amide bonds. The third-order valence-electron chi connectivity index (χ3n) is 5.60. The number of benzene rings is 3. The fourth-order valence-corrected chi connectivity index (χ4v) is 4.02. The fraction of sp³-hybridized carbons (Fsp3) is 0.222. The van der Waals surface area contributed by atoms with Crippen LogP contribution in [0.2, 0.25) is 5.02 Å². The lowest BCUT2D eigenvalue weighted by Crippen LogP contribution is -2.38. The maximum atomic E-state index is 11.9. The van der Waals surface area contributed by atoms with Gasteiger partial charge in [-0.2, -0.15) is 0 Å². The highest BCUT2D eigenvalue weighted by Gasteiger charge is 2.19. The van der Waals surface area contributed by atoms with Gasteiger partial charge in [0.1, 0.15) is 12.6 Å². The molecule has 34 heavy (non-hydrogen) atoms. The summed E-state index contributed by atoms with van der Waals surface area (Å²) in [6.07, 6.45) is 2.25. The van der Waals surface area contributed by atoms with Crippen molar-refractivity contribution in [3.8, 4) is 11.5 Å². The molecule has 0 fully saturated rings. The van der Waals surface area contributed by atoms with E-state index >= 15 is 0 Å². The largest absolute Gasteiger partial charge is 0.490 e. The van der Waals surface area contributed by atoms with Gasteiger partial charge in [0.05, 0.1) is 6.61 Å². The van der Waals surface area contributed by atoms with E-state index in [1.807, 2.05) is 79.9 Å². The highest BCUT2D eigenvalue weighted by Crippen LogP contribution is 2.30. The third kappa shape index (κ3) is 5.71. The Labute approximate surface area is 203 Å². The van der Waals surface area contributed by atoms with Crippen LogP contribution in [0.1, 0.15) is 23.6 Å². The summed E-state index contributed by atoms with van der Waals surface area (Å²) in [7, 11) is 0. The topological polar surface area (TPSA) is 83.6 Å². The maximum absolute atomic E-state index is 11.9. The second kappa shape index (κ2) is 11.1. The van der Waals surface area contributed by atoms with Crippen LogP contribution in [-0.4, -0.2) is 28.7 Å². The van der Waals surface area contributed by atoms with Gasteiger partial charge in [-0.3, -0.25) is 4.79 Å². The third-order valence-corrected chi connectivity index (χ3v) is 5.97. The van der Waals surface area contributed by atoms with Gasteiger partial charge in [-0.15, -0.1) is 0 Å². The molecule has 0 bridgehead atoms. The summed E-state index contributed by atoms with van der Waals surface area (Å²) in [5.74, 6) is 0.325. The Bertz CT molecular complexity index is 1270. The summed E-state index contributed by atoms with van der Waals surface area (Å²) < 4.78 is 11.7. The van der Waals surface area contributed by atoms with E-state index in [4.69, 9.17) is 21.1 Å². The molecule has 4 aromatic rings. The molecular weight excluding hydrogens is 452 g/mol. The van der Waals surface area contributed by atoms with Crippen molar-refractivity contribution in [2.75, 3.05) is 6.61 Å². The van der Waals surface area contributed by atoms with Crippen LogP contribution in [0.4, 0.5) is 0 Å². The predicted octanol–water partition coefficient (Wildman–Crippen LogP) is 5.58. The normalized spacial score (nSPS) is 11.9. The summed E-state index contributed by atoms with van der Waals surface area (Å²) in [5, 5.41) is 14.6. The first-order valence-corrected chi connectivity index (χ1v) is 11.6. The predicted molar refractivity (Wildman–Crippen MR) is 134 cm³/mol. The minimum atomic E-state index is -0.894. The summed E-state index contributed by atoms with van der Waals surface area (Å²) in [6, 6.07) is 20.3. The Morgan fingerprint density at radius 3 is 2.62 bits per heavy atom. The second-order valence-corrected chi connectivity index (χ2v) is 8.34. The average Bonchev–Trinajstić information content (AvgIpc) is 3.25. The van der Waals surface area contributed by atoms with Crippen molar-refractivity contribution in [1.29, 1.82) is 0 Å². The van der Waals surface area contributed by atoms with Gasteiger partial charge in [-0.25, -0.2) is 0 Å². The minimum absolute atomic E-state index is 0.322. The molecule has 6 nitrogen and oxygen atoms in total. The molecule has 3 aromatic carbocycles. The van der Waals surface area contributed by atoms with Gasteiger partial charge in [-0.1, -0.05) is 54.1 Å². The number of hydrogen-bond acceptors (Lipinski definition) is 4. The van der Waals surface area contributed by atoms with E-state index in [1.165, 1.54) is 0 Å². The minimum Gasteiger partial charge on any atom is -0.490 e. The van der Waals surface area contributed by atoms with Crippen LogP contribution in [0.3, 0.4) is 0 Å². The quantitative estimate of drug-likeness (QED) is 0.262. The van der Waals surface area contributed by atoms with E-state index in [9.17, 15) is 9.90 Å². The Morgan fingerprint density at radius 2 is 1.82 bits per heavy atom. The number of H-pyrrole nitrogens is 1. The lowest BCUT2D eigenvalue weighted by molar-refractivity contribution is -0.139. The summed E-state index contributed by atoms with van der Waals surface area (Å²) in [4.78, 5) is 15.1. The van der Waals surface area contributed by atoms with Crippen molar-refractivity contribution in [1.82, 2.24) is 10.3 Å². The van der Waals surface area contributed by atoms with Crippen molar-refractivity contribution in [3.05, 3.63) is 94.6 Å². The average molecular weight is 479 g/mol. The summed E-state index contributed by atoms with van der Waals surface area (Å²) >= 11 is 6.23. The van der Waals surface area contributed by atoms with Gasteiger partial charge in [0.15, 0.2) is 11.5 Å². The number of aromatic nitrogens is 1. The smallest absolute Gasteiger partial charge is 0.321 e. The van der Waals surface area contributed by atoms with Crippen LogP contribution in [0.25, 0.3) is 10.9 Å². The molecule has 1 unspecified atom stereocenters. The standard InChI is InChI=1S/C27H27ClN2O4/c1-2-33-26-13-18(11-12-25(26)34-17-19-7-3-5-9-22(19)28)15-29-24(27(31)32)14-20-16-30-23-10-6-4-8-21(20)23/h3-13,16,24,29-30H,2,14-15,17H2,1H3,(H,31,32). The molecule has 0 saturated carbocycles. The number of aromatic amines is 1. The highest BCUT2D eigenvalue weighted by molar-refractivity contribution is 6.31. The molecular formula is C27H27ClN2O4. The lowest BCUT2D eigenvalue weighted by atomic mass is 10.0. The molecule has 0 aliphatic carbocycles. The van der Waals surface area contributed by atoms with E-state index in [-0.39, 0.29) is 0 Å². The molecule has 0 aliphatic heterocycles. The zero-order chi connectivity index (χ0) is 23.9. The Hall–Kier alpha value is -3.48. The highest BCUT2D eigenvalue weighted by atomic mass is 35.5. The molecule has 0 saturated heterocycles. The van der Waals surface area contributed by atoms with E-state index in [1.54, 1.807) is 0 Å². The first kappa shape index (κ1) is 23.7. The van der Waals surface area contributed by atoms with Crippen molar-refractivity contribution in [2.24, 2.45) is 0 Å². The van der Waals surface area contributed by atoms with Crippen LogP contribution in [0.15, 0.2) is 72.9 Å². The number of halogens is 1. The maximum Gasteiger partial charge on any atom is 0.321 e. The molecule has 0 radical (unpaired) electrons. The van der Waals surface area contributed by atoms with E-state index < -0.39 is 12.0 Å². The number of hydrogen-bond donors (Lipinski definition) is 3. The molecule has 0 aliphatic rings. The second-order valence-electron chi connectivity index (χ2n) is 7.93. The monoisotopic (exact) mass is 478 g/mol. The molecule has 1 heterocycles. The zero-order valence-corrected chi connectivity index (χ0v) is 19.6. The first-order chi connectivity index (χ1) is 16.5. The first-order valence-electron chi connectivity index (χ1n) is 11.2. The number of carboxylic acids is 1. The van der Waals surface area contributed by atoms with E-state index in [0.717, 1.165) is 27.6 Å². The number of aliphatic carboxylic acids is 1. The number of para-hydroxylation sites is 1. The van der Waals surface area contributed by atoms with Gasteiger partial charge in [0.2, 0.25) is 0 Å². The van der Waals surface area contributed by atoms with Crippen LogP contribution in [-0.2, 0) is 24.4 Å². The Morgan fingerprint density at radius 1 is 1.03 bits per heavy atom. The van der Waals surface area contributed by atoms with Gasteiger partial charge in [0.25, 0.3) is 0 Å².